The number of hydrogen-bond donors (Lipinski definition) is 0. The number of carbonyl (C=O) groups is 1. The van der Waals surface area contributed by atoms with E-state index in [2.05, 4.69) is 0 Å². The van der Waals surface area contributed by atoms with Gasteiger partial charge in [0.05, 0.1) is 27.8 Å². The Bertz CT molecular complexity index is 808. The first-order chi connectivity index (χ1) is 11.4. The Morgan fingerprint density at radius 1 is 1.25 bits per heavy atom. The molecule has 0 bridgehead atoms. The number of hydrogen-bond acceptors (Lipinski definition) is 6. The van der Waals surface area contributed by atoms with Crippen LogP contribution in [0.15, 0.2) is 42.5 Å². The monoisotopic (exact) mass is 325 g/mol. The first-order valence-electron chi connectivity index (χ1n) is 7.04. The molecule has 24 heavy (non-hydrogen) atoms. The molecular formula is C17H15N3O4. The van der Waals surface area contributed by atoms with E-state index in [9.17, 15) is 14.9 Å². The third-order valence-corrected chi connectivity index (χ3v) is 3.35. The number of rotatable bonds is 5. The lowest BCUT2D eigenvalue weighted by Gasteiger charge is -2.16. The maximum Gasteiger partial charge on any atom is 0.340 e. The maximum atomic E-state index is 12.3. The van der Waals surface area contributed by atoms with Crippen LogP contribution in [0.1, 0.15) is 21.5 Å². The second kappa shape index (κ2) is 7.24. The third kappa shape index (κ3) is 3.87. The SMILES string of the molecule is CN(C)c1ccc([N+](=O)[O-])cc1C(=O)OCc1ccc(C#N)cc1. The fourth-order valence-electron chi connectivity index (χ4n) is 2.09. The predicted octanol–water partition coefficient (Wildman–Crippen LogP) is 2.89. The molecule has 0 aliphatic carbocycles. The van der Waals surface area contributed by atoms with Crippen molar-refractivity contribution in [1.29, 1.82) is 5.26 Å². The van der Waals surface area contributed by atoms with Crippen LogP contribution in [0.2, 0.25) is 0 Å². The summed E-state index contributed by atoms with van der Waals surface area (Å²) in [6.45, 7) is 0.0140. The normalized spacial score (nSPS) is 9.88. The summed E-state index contributed by atoms with van der Waals surface area (Å²) in [5.41, 5.74) is 1.72. The molecule has 0 spiro atoms. The highest BCUT2D eigenvalue weighted by atomic mass is 16.6. The van der Waals surface area contributed by atoms with Crippen molar-refractivity contribution in [3.63, 3.8) is 0 Å². The third-order valence-electron chi connectivity index (χ3n) is 3.35. The molecule has 2 rings (SSSR count). The van der Waals surface area contributed by atoms with Crippen molar-refractivity contribution in [2.75, 3.05) is 19.0 Å². The van der Waals surface area contributed by atoms with Gasteiger partial charge in [0.15, 0.2) is 0 Å². The Hall–Kier alpha value is -3.40. The molecule has 0 saturated heterocycles. The fourth-order valence-corrected chi connectivity index (χ4v) is 2.09. The summed E-state index contributed by atoms with van der Waals surface area (Å²) in [5, 5.41) is 19.7. The highest BCUT2D eigenvalue weighted by Gasteiger charge is 2.19. The number of ether oxygens (including phenoxy) is 1. The Morgan fingerprint density at radius 3 is 2.46 bits per heavy atom. The molecule has 0 unspecified atom stereocenters. The van der Waals surface area contributed by atoms with E-state index in [1.807, 2.05) is 6.07 Å². The predicted molar refractivity (Wildman–Crippen MR) is 87.7 cm³/mol. The highest BCUT2D eigenvalue weighted by Crippen LogP contribution is 2.25. The largest absolute Gasteiger partial charge is 0.457 e. The molecular weight excluding hydrogens is 310 g/mol. The molecule has 0 saturated carbocycles. The molecule has 0 heterocycles. The van der Waals surface area contributed by atoms with Crippen molar-refractivity contribution < 1.29 is 14.5 Å². The van der Waals surface area contributed by atoms with Crippen LogP contribution in [0.5, 0.6) is 0 Å². The van der Waals surface area contributed by atoms with Gasteiger partial charge in [-0.15, -0.1) is 0 Å². The van der Waals surface area contributed by atoms with Gasteiger partial charge in [-0.05, 0) is 23.8 Å². The van der Waals surface area contributed by atoms with Gasteiger partial charge in [-0.3, -0.25) is 10.1 Å². The zero-order chi connectivity index (χ0) is 17.7. The quantitative estimate of drug-likeness (QED) is 0.476. The second-order valence-corrected chi connectivity index (χ2v) is 5.24. The average Bonchev–Trinajstić information content (AvgIpc) is 2.59. The van der Waals surface area contributed by atoms with Crippen molar-refractivity contribution in [2.24, 2.45) is 0 Å². The number of nitrogens with zero attached hydrogens (tertiary/aromatic N) is 3. The van der Waals surface area contributed by atoms with E-state index >= 15 is 0 Å². The standard InChI is InChI=1S/C17H15N3O4/c1-19(2)16-8-7-14(20(22)23)9-15(16)17(21)24-11-13-5-3-12(10-18)4-6-13/h3-9H,11H2,1-2H3. The van der Waals surface area contributed by atoms with Crippen molar-refractivity contribution in [1.82, 2.24) is 0 Å². The van der Waals surface area contributed by atoms with E-state index in [-0.39, 0.29) is 17.9 Å². The summed E-state index contributed by atoms with van der Waals surface area (Å²) >= 11 is 0. The molecule has 7 heteroatoms. The van der Waals surface area contributed by atoms with Crippen molar-refractivity contribution in [2.45, 2.75) is 6.61 Å². The van der Waals surface area contributed by atoms with Gasteiger partial charge in [-0.1, -0.05) is 12.1 Å². The van der Waals surface area contributed by atoms with Gasteiger partial charge in [0.2, 0.25) is 0 Å². The minimum absolute atomic E-state index is 0.0140. The minimum Gasteiger partial charge on any atom is -0.457 e. The van der Waals surface area contributed by atoms with Crippen LogP contribution in [-0.4, -0.2) is 25.0 Å². The Labute approximate surface area is 138 Å². The van der Waals surface area contributed by atoms with Gasteiger partial charge in [0.1, 0.15) is 6.61 Å². The summed E-state index contributed by atoms with van der Waals surface area (Å²) < 4.78 is 5.24. The molecule has 0 aliphatic rings. The highest BCUT2D eigenvalue weighted by molar-refractivity contribution is 5.96. The van der Waals surface area contributed by atoms with Crippen LogP contribution in [-0.2, 0) is 11.3 Å². The summed E-state index contributed by atoms with van der Waals surface area (Å²) in [4.78, 5) is 24.4. The number of non-ortho nitro benzene ring substituents is 1. The fraction of sp³-hybridized carbons (Fsp3) is 0.176. The number of nitro benzene ring substituents is 1. The van der Waals surface area contributed by atoms with E-state index in [1.54, 1.807) is 43.3 Å². The number of carbonyl (C=O) groups excluding carboxylic acids is 1. The molecule has 2 aromatic rings. The van der Waals surface area contributed by atoms with E-state index in [1.165, 1.54) is 18.2 Å². The summed E-state index contributed by atoms with van der Waals surface area (Å²) in [7, 11) is 3.47. The maximum absolute atomic E-state index is 12.3. The van der Waals surface area contributed by atoms with Crippen LogP contribution < -0.4 is 4.90 Å². The summed E-state index contributed by atoms with van der Waals surface area (Å²) in [6, 6.07) is 12.7. The van der Waals surface area contributed by atoms with Gasteiger partial charge in [0, 0.05) is 26.2 Å². The molecule has 0 radical (unpaired) electrons. The number of esters is 1. The molecule has 7 nitrogen and oxygen atoms in total. The van der Waals surface area contributed by atoms with Crippen molar-refractivity contribution in [3.8, 4) is 6.07 Å². The van der Waals surface area contributed by atoms with Crippen LogP contribution in [0.3, 0.4) is 0 Å². The van der Waals surface area contributed by atoms with Gasteiger partial charge in [-0.2, -0.15) is 5.26 Å². The Morgan fingerprint density at radius 2 is 1.92 bits per heavy atom. The van der Waals surface area contributed by atoms with Gasteiger partial charge >= 0.3 is 5.97 Å². The Kier molecular flexibility index (Phi) is 5.12. The van der Waals surface area contributed by atoms with Gasteiger partial charge in [0.25, 0.3) is 5.69 Å². The number of nitro groups is 1. The smallest absolute Gasteiger partial charge is 0.340 e. The van der Waals surface area contributed by atoms with Gasteiger partial charge < -0.3 is 9.64 Å². The van der Waals surface area contributed by atoms with E-state index in [0.717, 1.165) is 5.56 Å². The zero-order valence-corrected chi connectivity index (χ0v) is 13.2. The molecule has 122 valence electrons. The minimum atomic E-state index is -0.647. The molecule has 0 aliphatic heterocycles. The van der Waals surface area contributed by atoms with Crippen LogP contribution in [0.25, 0.3) is 0 Å². The van der Waals surface area contributed by atoms with Crippen LogP contribution >= 0.6 is 0 Å². The molecule has 0 N–H and O–H groups in total. The number of anilines is 1. The Balaban J connectivity index is 2.19. The topological polar surface area (TPSA) is 96.5 Å². The van der Waals surface area contributed by atoms with Crippen LogP contribution in [0.4, 0.5) is 11.4 Å². The lowest BCUT2D eigenvalue weighted by atomic mass is 10.1. The number of nitriles is 1. The van der Waals surface area contributed by atoms with Crippen molar-refractivity contribution >= 4 is 17.3 Å². The molecule has 0 fully saturated rings. The van der Waals surface area contributed by atoms with Crippen molar-refractivity contribution in [3.05, 3.63) is 69.3 Å². The van der Waals surface area contributed by atoms with Crippen LogP contribution in [0, 0.1) is 21.4 Å². The summed E-state index contributed by atoms with van der Waals surface area (Å²) in [6.07, 6.45) is 0. The van der Waals surface area contributed by atoms with E-state index in [4.69, 9.17) is 10.00 Å². The molecule has 0 aromatic heterocycles. The number of benzene rings is 2. The molecule has 0 atom stereocenters. The molecule has 2 aromatic carbocycles. The molecule has 0 amide bonds. The summed E-state index contributed by atoms with van der Waals surface area (Å²) in [5.74, 6) is -0.647. The van der Waals surface area contributed by atoms with Gasteiger partial charge in [-0.25, -0.2) is 4.79 Å². The lowest BCUT2D eigenvalue weighted by molar-refractivity contribution is -0.384. The average molecular weight is 325 g/mol. The lowest BCUT2D eigenvalue weighted by Crippen LogP contribution is -2.15. The second-order valence-electron chi connectivity index (χ2n) is 5.24. The first-order valence-corrected chi connectivity index (χ1v) is 7.04. The van der Waals surface area contributed by atoms with E-state index in [0.29, 0.717) is 11.3 Å². The van der Waals surface area contributed by atoms with E-state index < -0.39 is 10.9 Å². The first kappa shape index (κ1) is 17.0. The zero-order valence-electron chi connectivity index (χ0n) is 13.2.